The van der Waals surface area contributed by atoms with E-state index < -0.39 is 5.60 Å². The van der Waals surface area contributed by atoms with E-state index in [4.69, 9.17) is 19.9 Å². The van der Waals surface area contributed by atoms with E-state index in [0.717, 1.165) is 25.1 Å². The SMILES string of the molecule is COc1ccc(C(CN)N2CCC(NC(=O)OC(C)(C)C)C2)cc1OC. The molecular weight excluding hydrogens is 334 g/mol. The van der Waals surface area contributed by atoms with Crippen molar-refractivity contribution in [2.75, 3.05) is 33.9 Å². The van der Waals surface area contributed by atoms with Crippen LogP contribution in [0.2, 0.25) is 0 Å². The highest BCUT2D eigenvalue weighted by molar-refractivity contribution is 5.68. The zero-order chi connectivity index (χ0) is 19.3. The molecule has 1 heterocycles. The molecule has 1 amide bonds. The maximum atomic E-state index is 12.0. The Balaban J connectivity index is 2.02. The highest BCUT2D eigenvalue weighted by atomic mass is 16.6. The maximum Gasteiger partial charge on any atom is 0.407 e. The van der Waals surface area contributed by atoms with Crippen molar-refractivity contribution in [1.82, 2.24) is 10.2 Å². The summed E-state index contributed by atoms with van der Waals surface area (Å²) in [5.74, 6) is 1.38. The molecule has 1 aliphatic heterocycles. The molecule has 0 spiro atoms. The van der Waals surface area contributed by atoms with Crippen LogP contribution in [-0.4, -0.2) is 56.5 Å². The molecule has 0 saturated carbocycles. The number of nitrogens with zero attached hydrogens (tertiary/aromatic N) is 1. The highest BCUT2D eigenvalue weighted by Gasteiger charge is 2.30. The Labute approximate surface area is 155 Å². The highest BCUT2D eigenvalue weighted by Crippen LogP contribution is 2.32. The lowest BCUT2D eigenvalue weighted by Gasteiger charge is -2.28. The second-order valence-corrected chi connectivity index (χ2v) is 7.49. The number of alkyl carbamates (subject to hydrolysis) is 1. The van der Waals surface area contributed by atoms with Crippen molar-refractivity contribution < 1.29 is 19.0 Å². The second-order valence-electron chi connectivity index (χ2n) is 7.49. The third kappa shape index (κ3) is 5.25. The number of hydrogen-bond donors (Lipinski definition) is 2. The summed E-state index contributed by atoms with van der Waals surface area (Å²) in [6, 6.07) is 5.97. The summed E-state index contributed by atoms with van der Waals surface area (Å²) >= 11 is 0. The molecule has 1 saturated heterocycles. The van der Waals surface area contributed by atoms with Gasteiger partial charge in [0.1, 0.15) is 5.60 Å². The molecular formula is C19H31N3O4. The number of hydrogen-bond acceptors (Lipinski definition) is 6. The van der Waals surface area contributed by atoms with Gasteiger partial charge in [0, 0.05) is 31.7 Å². The molecule has 7 nitrogen and oxygen atoms in total. The average molecular weight is 365 g/mol. The van der Waals surface area contributed by atoms with E-state index in [-0.39, 0.29) is 18.2 Å². The van der Waals surface area contributed by atoms with E-state index in [2.05, 4.69) is 10.2 Å². The van der Waals surface area contributed by atoms with Gasteiger partial charge in [0.15, 0.2) is 11.5 Å². The monoisotopic (exact) mass is 365 g/mol. The smallest absolute Gasteiger partial charge is 0.407 e. The van der Waals surface area contributed by atoms with Crippen LogP contribution in [-0.2, 0) is 4.74 Å². The zero-order valence-corrected chi connectivity index (χ0v) is 16.4. The molecule has 1 aromatic carbocycles. The van der Waals surface area contributed by atoms with Gasteiger partial charge >= 0.3 is 6.09 Å². The second kappa shape index (κ2) is 8.60. The number of benzene rings is 1. The van der Waals surface area contributed by atoms with Gasteiger partial charge in [-0.2, -0.15) is 0 Å². The van der Waals surface area contributed by atoms with Crippen LogP contribution in [0.3, 0.4) is 0 Å². The normalized spacial score (nSPS) is 19.1. The number of ether oxygens (including phenoxy) is 3. The predicted molar refractivity (Wildman–Crippen MR) is 101 cm³/mol. The molecule has 0 aromatic heterocycles. The Morgan fingerprint density at radius 3 is 2.58 bits per heavy atom. The van der Waals surface area contributed by atoms with E-state index in [0.29, 0.717) is 18.0 Å². The van der Waals surface area contributed by atoms with Gasteiger partial charge in [-0.1, -0.05) is 6.07 Å². The quantitative estimate of drug-likeness (QED) is 0.804. The van der Waals surface area contributed by atoms with Crippen LogP contribution in [0.4, 0.5) is 4.79 Å². The molecule has 1 fully saturated rings. The summed E-state index contributed by atoms with van der Waals surface area (Å²) in [6.07, 6.45) is 0.489. The molecule has 2 atom stereocenters. The Bertz CT molecular complexity index is 615. The van der Waals surface area contributed by atoms with Crippen LogP contribution in [0, 0.1) is 0 Å². The van der Waals surface area contributed by atoms with Gasteiger partial charge in [0.2, 0.25) is 0 Å². The summed E-state index contributed by atoms with van der Waals surface area (Å²) < 4.78 is 16.0. The molecule has 1 aromatic rings. The van der Waals surface area contributed by atoms with Gasteiger partial charge in [-0.05, 0) is 44.9 Å². The number of amides is 1. The van der Waals surface area contributed by atoms with Crippen LogP contribution in [0.25, 0.3) is 0 Å². The van der Waals surface area contributed by atoms with Gasteiger partial charge < -0.3 is 25.3 Å². The predicted octanol–water partition coefficient (Wildman–Crippen LogP) is 2.30. The van der Waals surface area contributed by atoms with Crippen LogP contribution in [0.15, 0.2) is 18.2 Å². The number of carbonyl (C=O) groups excluding carboxylic acids is 1. The van der Waals surface area contributed by atoms with Gasteiger partial charge in [-0.15, -0.1) is 0 Å². The van der Waals surface area contributed by atoms with Gasteiger partial charge in [0.25, 0.3) is 0 Å². The molecule has 1 aliphatic rings. The number of methoxy groups -OCH3 is 2. The van der Waals surface area contributed by atoms with Gasteiger partial charge in [-0.25, -0.2) is 4.79 Å². The third-order valence-corrected chi connectivity index (χ3v) is 4.40. The summed E-state index contributed by atoms with van der Waals surface area (Å²) in [4.78, 5) is 14.3. The van der Waals surface area contributed by atoms with Crippen molar-refractivity contribution in [3.8, 4) is 11.5 Å². The Kier molecular flexibility index (Phi) is 6.72. The summed E-state index contributed by atoms with van der Waals surface area (Å²) in [7, 11) is 3.24. The van der Waals surface area contributed by atoms with Crippen molar-refractivity contribution in [1.29, 1.82) is 0 Å². The third-order valence-electron chi connectivity index (χ3n) is 4.40. The molecule has 146 valence electrons. The van der Waals surface area contributed by atoms with E-state index in [9.17, 15) is 4.79 Å². The molecule has 26 heavy (non-hydrogen) atoms. The van der Waals surface area contributed by atoms with E-state index in [1.807, 2.05) is 39.0 Å². The van der Waals surface area contributed by atoms with Crippen molar-refractivity contribution in [2.24, 2.45) is 5.73 Å². The number of nitrogens with one attached hydrogen (secondary N) is 1. The van der Waals surface area contributed by atoms with Crippen molar-refractivity contribution >= 4 is 6.09 Å². The largest absolute Gasteiger partial charge is 0.493 e. The lowest BCUT2D eigenvalue weighted by atomic mass is 10.0. The Morgan fingerprint density at radius 2 is 2.00 bits per heavy atom. The van der Waals surface area contributed by atoms with Gasteiger partial charge in [-0.3, -0.25) is 4.90 Å². The molecule has 0 aliphatic carbocycles. The standard InChI is InChI=1S/C19H31N3O4/c1-19(2,3)26-18(23)21-14-8-9-22(12-14)15(11-20)13-6-7-16(24-4)17(10-13)25-5/h6-7,10,14-15H,8-9,11-12,20H2,1-5H3,(H,21,23). The summed E-state index contributed by atoms with van der Waals surface area (Å²) in [5.41, 5.74) is 6.62. The van der Waals surface area contributed by atoms with E-state index in [1.165, 1.54) is 0 Å². The van der Waals surface area contributed by atoms with Crippen molar-refractivity contribution in [3.63, 3.8) is 0 Å². The summed E-state index contributed by atoms with van der Waals surface area (Å²) in [5, 5.41) is 2.95. The first-order valence-electron chi connectivity index (χ1n) is 8.93. The number of rotatable bonds is 6. The van der Waals surface area contributed by atoms with Crippen LogP contribution < -0.4 is 20.5 Å². The first-order valence-corrected chi connectivity index (χ1v) is 8.93. The minimum atomic E-state index is -0.498. The van der Waals surface area contributed by atoms with E-state index in [1.54, 1.807) is 14.2 Å². The average Bonchev–Trinajstić information content (AvgIpc) is 3.01. The Morgan fingerprint density at radius 1 is 1.31 bits per heavy atom. The van der Waals surface area contributed by atoms with Crippen LogP contribution in [0.5, 0.6) is 11.5 Å². The molecule has 0 bridgehead atoms. The fourth-order valence-electron chi connectivity index (χ4n) is 3.22. The fraction of sp³-hybridized carbons (Fsp3) is 0.632. The van der Waals surface area contributed by atoms with Crippen molar-refractivity contribution in [2.45, 2.75) is 44.9 Å². The molecule has 0 radical (unpaired) electrons. The first-order chi connectivity index (χ1) is 12.3. The van der Waals surface area contributed by atoms with Crippen LogP contribution in [0.1, 0.15) is 38.8 Å². The first kappa shape index (κ1) is 20.3. The van der Waals surface area contributed by atoms with Gasteiger partial charge in [0.05, 0.1) is 14.2 Å². The maximum absolute atomic E-state index is 12.0. The minimum absolute atomic E-state index is 0.0547. The number of nitrogens with two attached hydrogens (primary N) is 1. The molecule has 7 heteroatoms. The Hall–Kier alpha value is -1.99. The molecule has 3 N–H and O–H groups in total. The lowest BCUT2D eigenvalue weighted by molar-refractivity contribution is 0.0504. The zero-order valence-electron chi connectivity index (χ0n) is 16.4. The molecule has 2 unspecified atom stereocenters. The topological polar surface area (TPSA) is 86.1 Å². The number of carbonyl (C=O) groups is 1. The fourth-order valence-corrected chi connectivity index (χ4v) is 3.22. The summed E-state index contributed by atoms with van der Waals surface area (Å²) in [6.45, 7) is 7.64. The van der Waals surface area contributed by atoms with E-state index >= 15 is 0 Å². The van der Waals surface area contributed by atoms with Crippen LogP contribution >= 0.6 is 0 Å². The minimum Gasteiger partial charge on any atom is -0.493 e. The van der Waals surface area contributed by atoms with Crippen molar-refractivity contribution in [3.05, 3.63) is 23.8 Å². The lowest BCUT2D eigenvalue weighted by Crippen LogP contribution is -2.41. The molecule has 2 rings (SSSR count). The number of likely N-dealkylation sites (tertiary alicyclic amines) is 1.